The van der Waals surface area contributed by atoms with Gasteiger partial charge in [-0.3, -0.25) is 4.79 Å². The maximum atomic E-state index is 12.2. The van der Waals surface area contributed by atoms with E-state index in [0.717, 1.165) is 50.8 Å². The Bertz CT molecular complexity index is 646. The number of hydrogen-bond donors (Lipinski definition) is 0. The molecule has 1 aliphatic rings. The topological polar surface area (TPSA) is 59.2 Å². The SMILES string of the molecule is CCCCCC(=O)N1CCC(c2nc(-c3ccccc3)no2)CC1. The summed E-state index contributed by atoms with van der Waals surface area (Å²) in [6, 6.07) is 9.86. The van der Waals surface area contributed by atoms with Crippen LogP contribution in [0.25, 0.3) is 11.4 Å². The molecule has 0 bridgehead atoms. The minimum Gasteiger partial charge on any atom is -0.343 e. The molecule has 2 heterocycles. The molecule has 128 valence electrons. The van der Waals surface area contributed by atoms with Crippen LogP contribution in [-0.2, 0) is 4.79 Å². The molecule has 0 saturated carbocycles. The van der Waals surface area contributed by atoms with E-state index < -0.39 is 0 Å². The Morgan fingerprint density at radius 1 is 1.21 bits per heavy atom. The summed E-state index contributed by atoms with van der Waals surface area (Å²) in [6.45, 7) is 3.74. The van der Waals surface area contributed by atoms with E-state index in [2.05, 4.69) is 17.1 Å². The highest BCUT2D eigenvalue weighted by Crippen LogP contribution is 2.28. The van der Waals surface area contributed by atoms with E-state index in [1.165, 1.54) is 0 Å². The van der Waals surface area contributed by atoms with Crippen LogP contribution in [0.15, 0.2) is 34.9 Å². The molecule has 0 radical (unpaired) electrons. The zero-order valence-corrected chi connectivity index (χ0v) is 14.3. The fraction of sp³-hybridized carbons (Fsp3) is 0.526. The largest absolute Gasteiger partial charge is 0.343 e. The quantitative estimate of drug-likeness (QED) is 0.752. The molecule has 5 nitrogen and oxygen atoms in total. The van der Waals surface area contributed by atoms with Crippen molar-refractivity contribution in [3.63, 3.8) is 0 Å². The standard InChI is InChI=1S/C19H25N3O2/c1-2-3-5-10-17(23)22-13-11-16(12-14-22)19-20-18(21-24-19)15-8-6-4-7-9-15/h4,6-9,16H,2-3,5,10-14H2,1H3. The summed E-state index contributed by atoms with van der Waals surface area (Å²) in [5.41, 5.74) is 0.969. The van der Waals surface area contributed by atoms with Crippen molar-refractivity contribution in [3.05, 3.63) is 36.2 Å². The molecule has 0 aliphatic carbocycles. The number of unbranched alkanes of at least 4 members (excludes halogenated alkanes) is 2. The third kappa shape index (κ3) is 4.02. The Balaban J connectivity index is 1.54. The van der Waals surface area contributed by atoms with E-state index in [0.29, 0.717) is 18.1 Å². The van der Waals surface area contributed by atoms with Gasteiger partial charge in [-0.1, -0.05) is 55.3 Å². The first kappa shape index (κ1) is 16.7. The summed E-state index contributed by atoms with van der Waals surface area (Å²) >= 11 is 0. The van der Waals surface area contributed by atoms with Crippen LogP contribution in [0.3, 0.4) is 0 Å². The summed E-state index contributed by atoms with van der Waals surface area (Å²) in [5, 5.41) is 4.10. The average Bonchev–Trinajstić information content (AvgIpc) is 3.13. The van der Waals surface area contributed by atoms with E-state index in [-0.39, 0.29) is 11.8 Å². The van der Waals surface area contributed by atoms with Gasteiger partial charge in [-0.15, -0.1) is 0 Å². The lowest BCUT2D eigenvalue weighted by atomic mass is 9.96. The molecule has 3 rings (SSSR count). The molecular formula is C19H25N3O2. The van der Waals surface area contributed by atoms with Gasteiger partial charge in [0, 0.05) is 31.0 Å². The van der Waals surface area contributed by atoms with Crippen molar-refractivity contribution in [2.75, 3.05) is 13.1 Å². The van der Waals surface area contributed by atoms with Crippen molar-refractivity contribution in [1.29, 1.82) is 0 Å². The molecule has 1 aromatic heterocycles. The highest BCUT2D eigenvalue weighted by atomic mass is 16.5. The lowest BCUT2D eigenvalue weighted by molar-refractivity contribution is -0.132. The molecule has 1 amide bonds. The summed E-state index contributed by atoms with van der Waals surface area (Å²) in [4.78, 5) is 18.7. The molecule has 5 heteroatoms. The monoisotopic (exact) mass is 327 g/mol. The first-order chi connectivity index (χ1) is 11.8. The highest BCUT2D eigenvalue weighted by molar-refractivity contribution is 5.76. The molecule has 0 spiro atoms. The van der Waals surface area contributed by atoms with Crippen LogP contribution in [0.5, 0.6) is 0 Å². The van der Waals surface area contributed by atoms with Crippen molar-refractivity contribution in [2.45, 2.75) is 51.4 Å². The maximum absolute atomic E-state index is 12.2. The molecule has 0 unspecified atom stereocenters. The van der Waals surface area contributed by atoms with Gasteiger partial charge in [0.25, 0.3) is 0 Å². The van der Waals surface area contributed by atoms with Gasteiger partial charge in [0.15, 0.2) is 0 Å². The maximum Gasteiger partial charge on any atom is 0.230 e. The second kappa shape index (κ2) is 8.08. The van der Waals surface area contributed by atoms with Crippen LogP contribution in [0.2, 0.25) is 0 Å². The van der Waals surface area contributed by atoms with Crippen molar-refractivity contribution in [3.8, 4) is 11.4 Å². The Hall–Kier alpha value is -2.17. The molecular weight excluding hydrogens is 302 g/mol. The zero-order chi connectivity index (χ0) is 16.8. The fourth-order valence-corrected chi connectivity index (χ4v) is 3.17. The van der Waals surface area contributed by atoms with Crippen molar-refractivity contribution in [2.24, 2.45) is 0 Å². The molecule has 1 saturated heterocycles. The number of aromatic nitrogens is 2. The first-order valence-corrected chi connectivity index (χ1v) is 8.94. The first-order valence-electron chi connectivity index (χ1n) is 8.94. The smallest absolute Gasteiger partial charge is 0.230 e. The Kier molecular flexibility index (Phi) is 5.62. The third-order valence-electron chi connectivity index (χ3n) is 4.66. The predicted octanol–water partition coefficient (Wildman–Crippen LogP) is 4.02. The van der Waals surface area contributed by atoms with Crippen LogP contribution in [0.1, 0.15) is 57.3 Å². The van der Waals surface area contributed by atoms with Crippen LogP contribution in [0.4, 0.5) is 0 Å². The van der Waals surface area contributed by atoms with Gasteiger partial charge < -0.3 is 9.42 Å². The predicted molar refractivity (Wildman–Crippen MR) is 92.4 cm³/mol. The summed E-state index contributed by atoms with van der Waals surface area (Å²) in [7, 11) is 0. The van der Waals surface area contributed by atoms with E-state index >= 15 is 0 Å². The van der Waals surface area contributed by atoms with Gasteiger partial charge in [-0.05, 0) is 19.3 Å². The molecule has 1 fully saturated rings. The lowest BCUT2D eigenvalue weighted by Gasteiger charge is -2.30. The van der Waals surface area contributed by atoms with E-state index in [1.54, 1.807) is 0 Å². The number of benzene rings is 1. The van der Waals surface area contributed by atoms with Crippen molar-refractivity contribution < 1.29 is 9.32 Å². The van der Waals surface area contributed by atoms with E-state index in [4.69, 9.17) is 4.52 Å². The van der Waals surface area contributed by atoms with Gasteiger partial charge in [-0.2, -0.15) is 4.98 Å². The Morgan fingerprint density at radius 3 is 2.67 bits per heavy atom. The third-order valence-corrected chi connectivity index (χ3v) is 4.66. The van der Waals surface area contributed by atoms with Crippen LogP contribution in [0, 0.1) is 0 Å². The van der Waals surface area contributed by atoms with Gasteiger partial charge in [0.05, 0.1) is 0 Å². The van der Waals surface area contributed by atoms with Gasteiger partial charge in [0.1, 0.15) is 0 Å². The second-order valence-corrected chi connectivity index (χ2v) is 6.43. The van der Waals surface area contributed by atoms with E-state index in [9.17, 15) is 4.79 Å². The summed E-state index contributed by atoms with van der Waals surface area (Å²) in [6.07, 6.45) is 5.76. The van der Waals surface area contributed by atoms with Crippen LogP contribution in [-0.4, -0.2) is 34.0 Å². The van der Waals surface area contributed by atoms with E-state index in [1.807, 2.05) is 35.2 Å². The number of carbonyl (C=O) groups is 1. The highest BCUT2D eigenvalue weighted by Gasteiger charge is 2.27. The number of nitrogens with zero attached hydrogens (tertiary/aromatic N) is 3. The fourth-order valence-electron chi connectivity index (χ4n) is 3.17. The van der Waals surface area contributed by atoms with Crippen molar-refractivity contribution in [1.82, 2.24) is 15.0 Å². The molecule has 1 aliphatic heterocycles. The lowest BCUT2D eigenvalue weighted by Crippen LogP contribution is -2.37. The van der Waals surface area contributed by atoms with Crippen molar-refractivity contribution >= 4 is 5.91 Å². The number of hydrogen-bond acceptors (Lipinski definition) is 4. The molecule has 1 aromatic carbocycles. The number of amides is 1. The van der Waals surface area contributed by atoms with Gasteiger partial charge >= 0.3 is 0 Å². The molecule has 24 heavy (non-hydrogen) atoms. The Labute approximate surface area is 143 Å². The number of piperidine rings is 1. The number of rotatable bonds is 6. The zero-order valence-electron chi connectivity index (χ0n) is 14.3. The average molecular weight is 327 g/mol. The van der Waals surface area contributed by atoms with Crippen LogP contribution >= 0.6 is 0 Å². The van der Waals surface area contributed by atoms with Crippen LogP contribution < -0.4 is 0 Å². The van der Waals surface area contributed by atoms with Gasteiger partial charge in [-0.25, -0.2) is 0 Å². The summed E-state index contributed by atoms with van der Waals surface area (Å²) in [5.74, 6) is 1.89. The second-order valence-electron chi connectivity index (χ2n) is 6.43. The Morgan fingerprint density at radius 2 is 1.96 bits per heavy atom. The molecule has 2 aromatic rings. The van der Waals surface area contributed by atoms with Gasteiger partial charge in [0.2, 0.25) is 17.6 Å². The summed E-state index contributed by atoms with van der Waals surface area (Å²) < 4.78 is 5.47. The molecule has 0 atom stereocenters. The molecule has 0 N–H and O–H groups in total. The number of likely N-dealkylation sites (tertiary alicyclic amines) is 1. The number of carbonyl (C=O) groups excluding carboxylic acids is 1. The minimum atomic E-state index is 0.259. The minimum absolute atomic E-state index is 0.259. The normalized spacial score (nSPS) is 15.6.